The van der Waals surface area contributed by atoms with Crippen molar-refractivity contribution in [3.05, 3.63) is 53.6 Å². The monoisotopic (exact) mass is 747 g/mol. The topological polar surface area (TPSA) is 166 Å². The van der Waals surface area contributed by atoms with Crippen molar-refractivity contribution >= 4 is 34.7 Å². The second-order valence-electron chi connectivity index (χ2n) is 16.2. The van der Waals surface area contributed by atoms with Crippen LogP contribution in [0.2, 0.25) is 0 Å². The van der Waals surface area contributed by atoms with Gasteiger partial charge in [-0.3, -0.25) is 10.2 Å². The van der Waals surface area contributed by atoms with Gasteiger partial charge in [0.15, 0.2) is 0 Å². The number of carbonyl (C=O) groups is 2. The first kappa shape index (κ1) is 41.0. The van der Waals surface area contributed by atoms with E-state index in [0.29, 0.717) is 74.1 Å². The van der Waals surface area contributed by atoms with Crippen molar-refractivity contribution < 1.29 is 33.3 Å². The van der Waals surface area contributed by atoms with Crippen LogP contribution in [0.5, 0.6) is 11.5 Å². The van der Waals surface area contributed by atoms with Gasteiger partial charge < -0.3 is 45.4 Å². The average molecular weight is 748 g/mol. The molecule has 6 rings (SSSR count). The number of anilines is 2. The molecule has 0 saturated heterocycles. The van der Waals surface area contributed by atoms with Crippen molar-refractivity contribution in [2.45, 2.75) is 83.8 Å². The van der Waals surface area contributed by atoms with Crippen LogP contribution in [0.25, 0.3) is 5.70 Å². The SMILES string of the molecule is COc1cccc(OC)c1/C(=C/C(=N)C(=O)NC1(C(=O)OC(C)(C)C)C2CC3CC(C2)CC1C3)Nc1ccc(NCCOCCOCCN)cc1C(C)C. The lowest BCUT2D eigenvalue weighted by Gasteiger charge is -2.59. The highest BCUT2D eigenvalue weighted by molar-refractivity contribution is 6.43. The maximum absolute atomic E-state index is 14.3. The molecule has 4 aliphatic carbocycles. The fraction of sp³-hybridized carbons (Fsp3) is 0.595. The molecular formula is C42H61N5O7. The lowest BCUT2D eigenvalue weighted by molar-refractivity contribution is -0.183. The van der Waals surface area contributed by atoms with Gasteiger partial charge in [-0.2, -0.15) is 0 Å². The summed E-state index contributed by atoms with van der Waals surface area (Å²) in [5.74, 6) is 1.18. The maximum Gasteiger partial charge on any atom is 0.332 e. The molecule has 4 fully saturated rings. The third-order valence-corrected chi connectivity index (χ3v) is 10.9. The highest BCUT2D eigenvalue weighted by atomic mass is 16.6. The van der Waals surface area contributed by atoms with Gasteiger partial charge in [0.2, 0.25) is 0 Å². The van der Waals surface area contributed by atoms with E-state index >= 15 is 0 Å². The lowest BCUT2D eigenvalue weighted by atomic mass is 9.48. The number of methoxy groups -OCH3 is 2. The van der Waals surface area contributed by atoms with Gasteiger partial charge in [0.1, 0.15) is 28.4 Å². The molecule has 0 spiro atoms. The summed E-state index contributed by atoms with van der Waals surface area (Å²) in [7, 11) is 3.14. The normalized spacial score (nSPS) is 23.2. The van der Waals surface area contributed by atoms with Gasteiger partial charge in [-0.1, -0.05) is 19.9 Å². The fourth-order valence-electron chi connectivity index (χ4n) is 8.71. The average Bonchev–Trinajstić information content (AvgIpc) is 3.12. The van der Waals surface area contributed by atoms with E-state index in [9.17, 15) is 15.0 Å². The number of hydrogen-bond donors (Lipinski definition) is 5. The molecule has 1 amide bonds. The number of nitrogens with one attached hydrogen (secondary N) is 4. The summed E-state index contributed by atoms with van der Waals surface area (Å²) in [4.78, 5) is 28.4. The van der Waals surface area contributed by atoms with Gasteiger partial charge >= 0.3 is 5.97 Å². The predicted molar refractivity (Wildman–Crippen MR) is 212 cm³/mol. The summed E-state index contributed by atoms with van der Waals surface area (Å²) in [6.45, 7) is 12.9. The number of ether oxygens (including phenoxy) is 5. The minimum absolute atomic E-state index is 0.0288. The molecule has 0 unspecified atom stereocenters. The first-order valence-electron chi connectivity index (χ1n) is 19.4. The van der Waals surface area contributed by atoms with Gasteiger partial charge in [0.05, 0.1) is 51.9 Å². The Hall–Kier alpha value is -4.13. The fourth-order valence-corrected chi connectivity index (χ4v) is 8.71. The number of esters is 1. The standard InChI is InChI=1S/C42H61N5O7/c1-26(2)32-24-31(45-14-16-53-18-17-52-15-13-43)11-12-34(32)46-35(38-36(50-6)9-8-10-37(38)51-7)25-33(44)39(48)47-42(40(49)54-41(3,4)5)29-20-27-19-28(22-29)23-30(42)21-27/h8-12,24-30,44-46H,13-23,43H2,1-7H3,(H,47,48)/b35-25-,44-33?. The van der Waals surface area contributed by atoms with Crippen molar-refractivity contribution in [2.24, 2.45) is 29.4 Å². The van der Waals surface area contributed by atoms with Crippen molar-refractivity contribution in [3.8, 4) is 11.5 Å². The van der Waals surface area contributed by atoms with E-state index in [1.165, 1.54) is 12.5 Å². The molecule has 4 aliphatic rings. The molecule has 0 aliphatic heterocycles. The summed E-state index contributed by atoms with van der Waals surface area (Å²) < 4.78 is 28.6. The highest BCUT2D eigenvalue weighted by Gasteiger charge is 2.63. The summed E-state index contributed by atoms with van der Waals surface area (Å²) in [5, 5.41) is 19.3. The van der Waals surface area contributed by atoms with Crippen LogP contribution in [0, 0.1) is 29.1 Å². The molecule has 0 atom stereocenters. The molecule has 12 nitrogen and oxygen atoms in total. The zero-order valence-electron chi connectivity index (χ0n) is 33.1. The van der Waals surface area contributed by atoms with Gasteiger partial charge in [-0.25, -0.2) is 4.79 Å². The molecule has 4 saturated carbocycles. The summed E-state index contributed by atoms with van der Waals surface area (Å²) >= 11 is 0. The van der Waals surface area contributed by atoms with Crippen LogP contribution in [-0.4, -0.2) is 82.5 Å². The molecule has 296 valence electrons. The van der Waals surface area contributed by atoms with E-state index in [4.69, 9.17) is 29.4 Å². The van der Waals surface area contributed by atoms with Gasteiger partial charge in [-0.15, -0.1) is 0 Å². The largest absolute Gasteiger partial charge is 0.496 e. The van der Waals surface area contributed by atoms with E-state index in [0.717, 1.165) is 42.6 Å². The lowest BCUT2D eigenvalue weighted by Crippen LogP contribution is -2.71. The van der Waals surface area contributed by atoms with Crippen LogP contribution < -0.4 is 31.2 Å². The van der Waals surface area contributed by atoms with Crippen molar-refractivity contribution in [2.75, 3.05) is 64.4 Å². The number of amides is 1. The summed E-state index contributed by atoms with van der Waals surface area (Å²) in [6, 6.07) is 11.5. The van der Waals surface area contributed by atoms with E-state index < -0.39 is 23.0 Å². The minimum Gasteiger partial charge on any atom is -0.496 e. The van der Waals surface area contributed by atoms with Crippen molar-refractivity contribution in [1.82, 2.24) is 5.32 Å². The number of rotatable bonds is 19. The van der Waals surface area contributed by atoms with E-state index in [1.54, 1.807) is 14.2 Å². The Morgan fingerprint density at radius 1 is 0.926 bits per heavy atom. The number of carbonyl (C=O) groups excluding carboxylic acids is 2. The van der Waals surface area contributed by atoms with Crippen LogP contribution >= 0.6 is 0 Å². The van der Waals surface area contributed by atoms with Crippen LogP contribution in [-0.2, 0) is 23.8 Å². The van der Waals surface area contributed by atoms with Crippen molar-refractivity contribution in [3.63, 3.8) is 0 Å². The number of nitrogens with two attached hydrogens (primary N) is 1. The maximum atomic E-state index is 14.3. The molecule has 54 heavy (non-hydrogen) atoms. The highest BCUT2D eigenvalue weighted by Crippen LogP contribution is 2.59. The van der Waals surface area contributed by atoms with Crippen LogP contribution in [0.1, 0.15) is 83.8 Å². The van der Waals surface area contributed by atoms with Crippen molar-refractivity contribution in [1.29, 1.82) is 5.41 Å². The van der Waals surface area contributed by atoms with E-state index in [1.807, 2.05) is 51.1 Å². The smallest absolute Gasteiger partial charge is 0.332 e. The molecule has 0 aromatic heterocycles. The van der Waals surface area contributed by atoms with Gasteiger partial charge in [0.25, 0.3) is 5.91 Å². The third kappa shape index (κ3) is 9.56. The first-order valence-corrected chi connectivity index (χ1v) is 19.4. The molecule has 0 heterocycles. The molecule has 2 aromatic rings. The molecule has 12 heteroatoms. The Balaban J connectivity index is 1.43. The quantitative estimate of drug-likeness (QED) is 0.0621. The Labute approximate surface area is 320 Å². The summed E-state index contributed by atoms with van der Waals surface area (Å²) in [5.41, 5.74) is 7.00. The molecular weight excluding hydrogens is 686 g/mol. The molecule has 4 bridgehead atoms. The van der Waals surface area contributed by atoms with Gasteiger partial charge in [-0.05, 0) is 124 Å². The Morgan fingerprint density at radius 3 is 2.09 bits per heavy atom. The van der Waals surface area contributed by atoms with E-state index in [-0.39, 0.29) is 23.5 Å². The van der Waals surface area contributed by atoms with Crippen LogP contribution in [0.15, 0.2) is 42.5 Å². The summed E-state index contributed by atoms with van der Waals surface area (Å²) in [6.07, 6.45) is 6.19. The Kier molecular flexibility index (Phi) is 13.7. The van der Waals surface area contributed by atoms with E-state index in [2.05, 4.69) is 35.9 Å². The number of benzene rings is 2. The molecule has 2 aromatic carbocycles. The zero-order chi connectivity index (χ0) is 39.0. The minimum atomic E-state index is -1.18. The zero-order valence-corrected chi connectivity index (χ0v) is 33.1. The Morgan fingerprint density at radius 2 is 1.54 bits per heavy atom. The van der Waals surface area contributed by atoms with Gasteiger partial charge in [0, 0.05) is 24.5 Å². The van der Waals surface area contributed by atoms with Crippen LogP contribution in [0.4, 0.5) is 11.4 Å². The first-order chi connectivity index (χ1) is 25.8. The number of hydrogen-bond acceptors (Lipinski definition) is 11. The second kappa shape index (κ2) is 18.0. The molecule has 6 N–H and O–H groups in total. The third-order valence-electron chi connectivity index (χ3n) is 10.9. The predicted octanol–water partition coefficient (Wildman–Crippen LogP) is 6.36. The Bertz CT molecular complexity index is 1620. The second-order valence-corrected chi connectivity index (χ2v) is 16.2. The molecule has 0 radical (unpaired) electrons. The van der Waals surface area contributed by atoms with Crippen LogP contribution in [0.3, 0.4) is 0 Å².